The number of hydrogen-bond donors (Lipinski definition) is 1. The molecule has 0 unspecified atom stereocenters. The number of carbonyl (C=O) groups excluding carboxylic acids is 1. The van der Waals surface area contributed by atoms with Crippen molar-refractivity contribution in [3.8, 4) is 0 Å². The minimum atomic E-state index is -0.299. The molecule has 1 aromatic rings. The highest BCUT2D eigenvalue weighted by molar-refractivity contribution is 9.10. The Bertz CT molecular complexity index is 384. The van der Waals surface area contributed by atoms with Gasteiger partial charge < -0.3 is 10.2 Å². The van der Waals surface area contributed by atoms with Gasteiger partial charge in [0.05, 0.1) is 6.54 Å². The van der Waals surface area contributed by atoms with Crippen molar-refractivity contribution in [2.24, 2.45) is 0 Å². The van der Waals surface area contributed by atoms with Crippen LogP contribution in [0.1, 0.15) is 5.56 Å². The van der Waals surface area contributed by atoms with E-state index in [0.29, 0.717) is 5.56 Å². The van der Waals surface area contributed by atoms with Crippen LogP contribution in [0.2, 0.25) is 0 Å². The molecule has 3 nitrogen and oxygen atoms in total. The molecule has 0 aliphatic rings. The molecule has 0 saturated heterocycles. The molecule has 0 heterocycles. The standard InChI is InChI=1S/C11H14BrFN2O/c1-14-6-11(16)15(2)7-8-5-9(12)3-4-10(8)13/h3-5,14H,6-7H2,1-2H3. The van der Waals surface area contributed by atoms with Crippen molar-refractivity contribution in [3.05, 3.63) is 34.1 Å². The predicted molar refractivity (Wildman–Crippen MR) is 64.5 cm³/mol. The lowest BCUT2D eigenvalue weighted by Gasteiger charge is -2.17. The van der Waals surface area contributed by atoms with Crippen LogP contribution in [0.5, 0.6) is 0 Å². The molecule has 88 valence electrons. The van der Waals surface area contributed by atoms with Crippen LogP contribution in [0.4, 0.5) is 4.39 Å². The van der Waals surface area contributed by atoms with Crippen LogP contribution < -0.4 is 5.32 Å². The largest absolute Gasteiger partial charge is 0.340 e. The van der Waals surface area contributed by atoms with E-state index in [4.69, 9.17) is 0 Å². The molecule has 0 bridgehead atoms. The van der Waals surface area contributed by atoms with E-state index in [1.807, 2.05) is 0 Å². The first-order chi connectivity index (χ1) is 7.54. The molecule has 0 aliphatic carbocycles. The number of halogens is 2. The fraction of sp³-hybridized carbons (Fsp3) is 0.364. The van der Waals surface area contributed by atoms with E-state index in [-0.39, 0.29) is 24.8 Å². The molecule has 0 aliphatic heterocycles. The van der Waals surface area contributed by atoms with Gasteiger partial charge in [-0.15, -0.1) is 0 Å². The van der Waals surface area contributed by atoms with Crippen LogP contribution in [-0.2, 0) is 11.3 Å². The number of hydrogen-bond acceptors (Lipinski definition) is 2. The number of benzene rings is 1. The highest BCUT2D eigenvalue weighted by atomic mass is 79.9. The molecule has 1 rings (SSSR count). The SMILES string of the molecule is CNCC(=O)N(C)Cc1cc(Br)ccc1F. The lowest BCUT2D eigenvalue weighted by Crippen LogP contribution is -2.33. The van der Waals surface area contributed by atoms with Gasteiger partial charge in [-0.2, -0.15) is 0 Å². The first kappa shape index (κ1) is 13.1. The molecule has 0 radical (unpaired) electrons. The van der Waals surface area contributed by atoms with E-state index in [1.54, 1.807) is 26.2 Å². The summed E-state index contributed by atoms with van der Waals surface area (Å²) in [5, 5.41) is 2.77. The van der Waals surface area contributed by atoms with Crippen LogP contribution in [0, 0.1) is 5.82 Å². The Labute approximate surface area is 103 Å². The van der Waals surface area contributed by atoms with Crippen molar-refractivity contribution < 1.29 is 9.18 Å². The van der Waals surface area contributed by atoms with Crippen LogP contribution in [0.3, 0.4) is 0 Å². The summed E-state index contributed by atoms with van der Waals surface area (Å²) < 4.78 is 14.2. The second kappa shape index (κ2) is 5.96. The molecule has 0 atom stereocenters. The van der Waals surface area contributed by atoms with Gasteiger partial charge in [0.2, 0.25) is 5.91 Å². The Morgan fingerprint density at radius 1 is 1.56 bits per heavy atom. The zero-order chi connectivity index (χ0) is 12.1. The number of nitrogens with zero attached hydrogens (tertiary/aromatic N) is 1. The molecular weight excluding hydrogens is 275 g/mol. The van der Waals surface area contributed by atoms with Gasteiger partial charge in [-0.3, -0.25) is 4.79 Å². The molecule has 1 aromatic carbocycles. The molecular formula is C11H14BrFN2O. The second-order valence-electron chi connectivity index (χ2n) is 3.52. The number of carbonyl (C=O) groups is 1. The maximum atomic E-state index is 13.4. The van der Waals surface area contributed by atoms with Gasteiger partial charge in [0.1, 0.15) is 5.82 Å². The van der Waals surface area contributed by atoms with Gasteiger partial charge in [-0.25, -0.2) is 4.39 Å². The van der Waals surface area contributed by atoms with Crippen LogP contribution in [0.15, 0.2) is 22.7 Å². The molecule has 1 amide bonds. The molecule has 0 fully saturated rings. The summed E-state index contributed by atoms with van der Waals surface area (Å²) in [5.41, 5.74) is 0.501. The minimum Gasteiger partial charge on any atom is -0.340 e. The minimum absolute atomic E-state index is 0.0677. The van der Waals surface area contributed by atoms with E-state index in [0.717, 1.165) is 4.47 Å². The average Bonchev–Trinajstić information content (AvgIpc) is 2.23. The molecule has 0 spiro atoms. The average molecular weight is 289 g/mol. The first-order valence-electron chi connectivity index (χ1n) is 4.87. The third kappa shape index (κ3) is 3.57. The Morgan fingerprint density at radius 2 is 2.25 bits per heavy atom. The lowest BCUT2D eigenvalue weighted by atomic mass is 10.2. The summed E-state index contributed by atoms with van der Waals surface area (Å²) in [5.74, 6) is -0.366. The van der Waals surface area contributed by atoms with E-state index < -0.39 is 0 Å². The van der Waals surface area contributed by atoms with Crippen LogP contribution >= 0.6 is 15.9 Å². The Hall–Kier alpha value is -0.940. The monoisotopic (exact) mass is 288 g/mol. The highest BCUT2D eigenvalue weighted by Crippen LogP contribution is 2.16. The van der Waals surface area contributed by atoms with Crippen LogP contribution in [-0.4, -0.2) is 31.4 Å². The van der Waals surface area contributed by atoms with Gasteiger partial charge in [0.25, 0.3) is 0 Å². The van der Waals surface area contributed by atoms with Crippen molar-refractivity contribution in [2.75, 3.05) is 20.6 Å². The molecule has 16 heavy (non-hydrogen) atoms. The smallest absolute Gasteiger partial charge is 0.236 e. The van der Waals surface area contributed by atoms with Gasteiger partial charge >= 0.3 is 0 Å². The normalized spacial score (nSPS) is 10.2. The third-order valence-corrected chi connectivity index (χ3v) is 2.66. The summed E-state index contributed by atoms with van der Waals surface area (Å²) in [6.45, 7) is 0.526. The van der Waals surface area contributed by atoms with Crippen molar-refractivity contribution >= 4 is 21.8 Å². The summed E-state index contributed by atoms with van der Waals surface area (Å²) in [6.07, 6.45) is 0. The van der Waals surface area contributed by atoms with E-state index in [9.17, 15) is 9.18 Å². The van der Waals surface area contributed by atoms with E-state index in [2.05, 4.69) is 21.2 Å². The molecule has 5 heteroatoms. The maximum absolute atomic E-state index is 13.4. The van der Waals surface area contributed by atoms with Crippen molar-refractivity contribution in [2.45, 2.75) is 6.54 Å². The van der Waals surface area contributed by atoms with Gasteiger partial charge in [-0.05, 0) is 25.2 Å². The lowest BCUT2D eigenvalue weighted by molar-refractivity contribution is -0.129. The third-order valence-electron chi connectivity index (χ3n) is 2.17. The number of rotatable bonds is 4. The van der Waals surface area contributed by atoms with Crippen molar-refractivity contribution in [1.29, 1.82) is 0 Å². The van der Waals surface area contributed by atoms with Gasteiger partial charge in [0.15, 0.2) is 0 Å². The molecule has 1 N–H and O–H groups in total. The summed E-state index contributed by atoms with van der Waals surface area (Å²) in [6, 6.07) is 4.70. The fourth-order valence-corrected chi connectivity index (χ4v) is 1.70. The first-order valence-corrected chi connectivity index (χ1v) is 5.66. The van der Waals surface area contributed by atoms with Gasteiger partial charge in [-0.1, -0.05) is 15.9 Å². The molecule has 0 saturated carbocycles. The number of amides is 1. The van der Waals surface area contributed by atoms with Crippen molar-refractivity contribution in [3.63, 3.8) is 0 Å². The quantitative estimate of drug-likeness (QED) is 0.916. The fourth-order valence-electron chi connectivity index (χ4n) is 1.29. The second-order valence-corrected chi connectivity index (χ2v) is 4.43. The Balaban J connectivity index is 2.72. The zero-order valence-electron chi connectivity index (χ0n) is 9.26. The zero-order valence-corrected chi connectivity index (χ0v) is 10.8. The number of likely N-dealkylation sites (N-methyl/N-ethyl adjacent to an activating group) is 2. The molecule has 0 aromatic heterocycles. The van der Waals surface area contributed by atoms with E-state index in [1.165, 1.54) is 11.0 Å². The highest BCUT2D eigenvalue weighted by Gasteiger charge is 2.10. The summed E-state index contributed by atoms with van der Waals surface area (Å²) in [4.78, 5) is 13.0. The van der Waals surface area contributed by atoms with Crippen molar-refractivity contribution in [1.82, 2.24) is 10.2 Å². The van der Waals surface area contributed by atoms with E-state index >= 15 is 0 Å². The Kier molecular flexibility index (Phi) is 4.89. The predicted octanol–water partition coefficient (Wildman–Crippen LogP) is 1.77. The Morgan fingerprint density at radius 3 is 2.88 bits per heavy atom. The topological polar surface area (TPSA) is 32.3 Å². The number of nitrogens with one attached hydrogen (secondary N) is 1. The summed E-state index contributed by atoms with van der Waals surface area (Å²) >= 11 is 3.27. The van der Waals surface area contributed by atoms with Gasteiger partial charge in [0, 0.05) is 23.6 Å². The summed E-state index contributed by atoms with van der Waals surface area (Å²) in [7, 11) is 3.35. The maximum Gasteiger partial charge on any atom is 0.236 e. The van der Waals surface area contributed by atoms with Crippen LogP contribution in [0.25, 0.3) is 0 Å².